The Morgan fingerprint density at radius 3 is 2.85 bits per heavy atom. The van der Waals surface area contributed by atoms with Crippen molar-refractivity contribution in [1.82, 2.24) is 0 Å². The number of benzene rings is 1. The highest BCUT2D eigenvalue weighted by atomic mass is 33.1. The lowest BCUT2D eigenvalue weighted by Gasteiger charge is -2.14. The number of aromatic hydroxyl groups is 1. The van der Waals surface area contributed by atoms with Gasteiger partial charge in [-0.3, -0.25) is 4.79 Å². The number of nitrogens with zero attached hydrogens (tertiary/aromatic N) is 1. The van der Waals surface area contributed by atoms with Crippen molar-refractivity contribution >= 4 is 33.7 Å². The molecule has 1 aromatic rings. The number of hydrogen-bond donors (Lipinski definition) is 3. The number of nitrogens with one attached hydrogen (secondary N) is 1. The van der Waals surface area contributed by atoms with Crippen LogP contribution in [0.25, 0.3) is 0 Å². The number of anilines is 1. The molecule has 1 aliphatic rings. The van der Waals surface area contributed by atoms with Crippen molar-refractivity contribution in [2.75, 3.05) is 17.6 Å². The van der Waals surface area contributed by atoms with Crippen LogP contribution >= 0.6 is 21.6 Å². The van der Waals surface area contributed by atoms with E-state index in [2.05, 4.69) is 38.7 Å². The zero-order valence-corrected chi connectivity index (χ0v) is 17.0. The first-order valence-corrected chi connectivity index (χ1v) is 11.2. The Hall–Kier alpha value is -1.65. The van der Waals surface area contributed by atoms with E-state index in [1.54, 1.807) is 0 Å². The largest absolute Gasteiger partial charge is 0.506 e. The van der Waals surface area contributed by atoms with Gasteiger partial charge in [-0.1, -0.05) is 53.8 Å². The lowest BCUT2D eigenvalue weighted by atomic mass is 10.1. The van der Waals surface area contributed by atoms with Crippen molar-refractivity contribution in [3.63, 3.8) is 0 Å². The molecule has 2 unspecified atom stereocenters. The zero-order chi connectivity index (χ0) is 20.1. The van der Waals surface area contributed by atoms with Gasteiger partial charge in [-0.2, -0.15) is 0 Å². The molecule has 2 atom stereocenters. The number of phenolic OH excluding ortho intramolecular Hbond substituents is 1. The van der Waals surface area contributed by atoms with Crippen molar-refractivity contribution in [2.24, 2.45) is 5.73 Å². The number of hydrogen-bond acceptors (Lipinski definition) is 8. The topological polar surface area (TPSA) is 128 Å². The third-order valence-corrected chi connectivity index (χ3v) is 6.90. The molecule has 1 aliphatic heterocycles. The monoisotopic (exact) mass is 417 g/mol. The van der Waals surface area contributed by atoms with Gasteiger partial charge in [0.25, 0.3) is 5.09 Å². The fraction of sp³-hybridized carbons (Fsp3) is 0.588. The Labute approximate surface area is 167 Å². The summed E-state index contributed by atoms with van der Waals surface area (Å²) in [5.74, 6) is 1.24. The number of phenols is 1. The number of carbonyl (C=O) groups excluding carboxylic acids is 1. The molecule has 0 saturated carbocycles. The maximum absolute atomic E-state index is 10.3. The van der Waals surface area contributed by atoms with Crippen LogP contribution in [-0.2, 0) is 9.63 Å². The number of unbranched alkanes of at least 4 members (excludes halogenated alkanes) is 2. The Morgan fingerprint density at radius 1 is 1.52 bits per heavy atom. The second-order valence-electron chi connectivity index (χ2n) is 5.92. The summed E-state index contributed by atoms with van der Waals surface area (Å²) >= 11 is 0. The van der Waals surface area contributed by atoms with E-state index < -0.39 is 11.2 Å². The van der Waals surface area contributed by atoms with Crippen molar-refractivity contribution in [1.29, 1.82) is 0 Å². The summed E-state index contributed by atoms with van der Waals surface area (Å²) in [5.41, 5.74) is 5.84. The zero-order valence-electron chi connectivity index (χ0n) is 15.3. The highest BCUT2D eigenvalue weighted by molar-refractivity contribution is 8.77. The third kappa shape index (κ3) is 9.21. The standard InChI is InChI=1S/C9H11N3O5.C8H16S2/c10-4-9(17-12(15)16)6-1-2-8(14)7(3-6)11-5-13;1-2-3-4-5-8-6-7-9-10-8/h1-3,5,9,14H,4,10H2,(H,11,13);8H,2-7H2,1H3. The van der Waals surface area contributed by atoms with Gasteiger partial charge >= 0.3 is 0 Å². The number of nitrogens with two attached hydrogens (primary N) is 1. The summed E-state index contributed by atoms with van der Waals surface area (Å²) in [6.07, 6.45) is 6.61. The van der Waals surface area contributed by atoms with Crippen LogP contribution in [0.1, 0.15) is 50.7 Å². The molecule has 1 heterocycles. The summed E-state index contributed by atoms with van der Waals surface area (Å²) in [6.45, 7) is 2.17. The van der Waals surface area contributed by atoms with E-state index >= 15 is 0 Å². The molecule has 0 spiro atoms. The molecule has 1 amide bonds. The minimum atomic E-state index is -0.947. The minimum Gasteiger partial charge on any atom is -0.506 e. The van der Waals surface area contributed by atoms with Gasteiger partial charge in [0.1, 0.15) is 11.9 Å². The first-order valence-electron chi connectivity index (χ1n) is 8.84. The van der Waals surface area contributed by atoms with Gasteiger partial charge in [-0.05, 0) is 30.5 Å². The van der Waals surface area contributed by atoms with Crippen LogP contribution in [0.5, 0.6) is 5.75 Å². The number of amides is 1. The van der Waals surface area contributed by atoms with E-state index in [1.165, 1.54) is 56.1 Å². The van der Waals surface area contributed by atoms with Crippen molar-refractivity contribution in [2.45, 2.75) is 50.4 Å². The molecular weight excluding hydrogens is 390 g/mol. The van der Waals surface area contributed by atoms with Gasteiger partial charge in [-0.25, -0.2) is 0 Å². The first-order chi connectivity index (χ1) is 13.0. The molecule has 2 rings (SSSR count). The lowest BCUT2D eigenvalue weighted by molar-refractivity contribution is -0.770. The van der Waals surface area contributed by atoms with E-state index in [0.717, 1.165) is 5.25 Å². The fourth-order valence-corrected chi connectivity index (χ4v) is 5.49. The quantitative estimate of drug-likeness (QED) is 0.131. The molecule has 10 heteroatoms. The Morgan fingerprint density at radius 2 is 2.30 bits per heavy atom. The smallest absolute Gasteiger partial charge is 0.295 e. The summed E-state index contributed by atoms with van der Waals surface area (Å²) in [7, 11) is 4.17. The summed E-state index contributed by atoms with van der Waals surface area (Å²) < 4.78 is 0. The van der Waals surface area contributed by atoms with Gasteiger partial charge < -0.3 is 21.0 Å². The van der Waals surface area contributed by atoms with E-state index in [-0.39, 0.29) is 18.0 Å². The predicted octanol–water partition coefficient (Wildman–Crippen LogP) is 3.89. The first kappa shape index (κ1) is 23.4. The van der Waals surface area contributed by atoms with Crippen LogP contribution in [0.2, 0.25) is 0 Å². The predicted molar refractivity (Wildman–Crippen MR) is 110 cm³/mol. The van der Waals surface area contributed by atoms with Crippen LogP contribution < -0.4 is 11.1 Å². The Bertz CT molecular complexity index is 586. The molecule has 0 radical (unpaired) electrons. The highest BCUT2D eigenvalue weighted by Crippen LogP contribution is 2.39. The Balaban J connectivity index is 0.000000309. The van der Waals surface area contributed by atoms with Gasteiger partial charge in [0.15, 0.2) is 0 Å². The summed E-state index contributed by atoms with van der Waals surface area (Å²) in [5, 5.41) is 21.9. The molecular formula is C17H27N3O5S2. The van der Waals surface area contributed by atoms with Gasteiger partial charge in [0, 0.05) is 17.5 Å². The highest BCUT2D eigenvalue weighted by Gasteiger charge is 2.16. The van der Waals surface area contributed by atoms with Gasteiger partial charge in [0.05, 0.1) is 5.69 Å². The number of carbonyl (C=O) groups is 1. The van der Waals surface area contributed by atoms with Gasteiger partial charge in [0.2, 0.25) is 6.41 Å². The average Bonchev–Trinajstić information content (AvgIpc) is 3.16. The second kappa shape index (κ2) is 13.5. The molecule has 4 N–H and O–H groups in total. The van der Waals surface area contributed by atoms with Crippen LogP contribution in [-0.4, -0.2) is 34.2 Å². The van der Waals surface area contributed by atoms with E-state index in [1.807, 2.05) is 0 Å². The summed E-state index contributed by atoms with van der Waals surface area (Å²) in [4.78, 5) is 24.9. The normalized spacial score (nSPS) is 16.7. The van der Waals surface area contributed by atoms with E-state index in [9.17, 15) is 20.0 Å². The van der Waals surface area contributed by atoms with Crippen molar-refractivity contribution in [3.05, 3.63) is 33.9 Å². The molecule has 0 aromatic heterocycles. The fourth-order valence-electron chi connectivity index (χ4n) is 2.46. The van der Waals surface area contributed by atoms with Crippen molar-refractivity contribution in [3.8, 4) is 5.75 Å². The maximum Gasteiger partial charge on any atom is 0.295 e. The molecule has 0 aliphatic carbocycles. The molecule has 152 valence electrons. The second-order valence-corrected chi connectivity index (χ2v) is 8.70. The Kier molecular flexibility index (Phi) is 11.7. The minimum absolute atomic E-state index is 0.105. The molecule has 0 bridgehead atoms. The lowest BCUT2D eigenvalue weighted by Crippen LogP contribution is -2.18. The summed E-state index contributed by atoms with van der Waals surface area (Å²) in [6, 6.07) is 4.06. The maximum atomic E-state index is 10.3. The van der Waals surface area contributed by atoms with Crippen LogP contribution in [0, 0.1) is 10.1 Å². The molecule has 8 nitrogen and oxygen atoms in total. The van der Waals surface area contributed by atoms with Crippen LogP contribution in [0.3, 0.4) is 0 Å². The number of rotatable bonds is 10. The molecule has 1 aromatic carbocycles. The average molecular weight is 418 g/mol. The molecule has 27 heavy (non-hydrogen) atoms. The van der Waals surface area contributed by atoms with Crippen LogP contribution in [0.15, 0.2) is 18.2 Å². The van der Waals surface area contributed by atoms with E-state index in [4.69, 9.17) is 5.73 Å². The third-order valence-electron chi connectivity index (χ3n) is 3.89. The SMILES string of the molecule is CCCCCC1CCSS1.NCC(O[N+](=O)[O-])c1ccc(O)c(NC=O)c1. The van der Waals surface area contributed by atoms with Crippen LogP contribution in [0.4, 0.5) is 5.69 Å². The van der Waals surface area contributed by atoms with Gasteiger partial charge in [-0.15, -0.1) is 10.1 Å². The molecule has 1 saturated heterocycles. The molecule has 1 fully saturated rings. The van der Waals surface area contributed by atoms with E-state index in [0.29, 0.717) is 12.0 Å². The van der Waals surface area contributed by atoms with Crippen molar-refractivity contribution < 1.29 is 19.8 Å².